The van der Waals surface area contributed by atoms with Crippen LogP contribution in [0.2, 0.25) is 0 Å². The van der Waals surface area contributed by atoms with Crippen LogP contribution in [0.3, 0.4) is 0 Å². The van der Waals surface area contributed by atoms with Crippen LogP contribution in [0, 0.1) is 5.92 Å². The molecule has 0 bridgehead atoms. The van der Waals surface area contributed by atoms with Crippen molar-refractivity contribution in [3.8, 4) is 28.4 Å². The van der Waals surface area contributed by atoms with Crippen LogP contribution in [0.4, 0.5) is 32.0 Å². The zero-order valence-electron chi connectivity index (χ0n) is 24.8. The molecule has 0 aliphatic carbocycles. The number of aromatic amines is 1. The summed E-state index contributed by atoms with van der Waals surface area (Å²) >= 11 is 0. The standard InChI is InChI=1S/C25H28N4O4.2C2HF3O2/c1-29-8-7-21(14-29)33-24-11-16(19-12-26-27-13-19)3-5-22(24)28-25(30)18-9-17-10-20(31-2)4-6-23(17)32-15-18;2*3-2(4,5)1(6)7/h3-6,10-13,18,21H,7-9,14-15H2,1-2H3,(H,26,27)(H,28,30);2*(H,6,7). The van der Waals surface area contributed by atoms with Crippen molar-refractivity contribution in [2.45, 2.75) is 31.3 Å². The minimum Gasteiger partial charge on any atom is -0.497 e. The molecule has 0 spiro atoms. The highest BCUT2D eigenvalue weighted by molar-refractivity contribution is 5.95. The molecule has 2 aliphatic rings. The highest BCUT2D eigenvalue weighted by Crippen LogP contribution is 2.35. The molecule has 4 N–H and O–H groups in total. The SMILES string of the molecule is COc1ccc2c(c1)CC(C(=O)Nc1ccc(-c3cn[nH]c3)cc1OC1CCN(C)C1)CO2.O=C(O)C(F)(F)F.O=C(O)C(F)(F)F. The van der Waals surface area contributed by atoms with E-state index in [1.165, 1.54) is 0 Å². The van der Waals surface area contributed by atoms with Gasteiger partial charge in [0.15, 0.2) is 0 Å². The number of carbonyl (C=O) groups is 3. The maximum Gasteiger partial charge on any atom is 0.490 e. The average Bonchev–Trinajstić information content (AvgIpc) is 3.69. The number of methoxy groups -OCH3 is 1. The first-order chi connectivity index (χ1) is 22.0. The van der Waals surface area contributed by atoms with Crippen LogP contribution in [0.5, 0.6) is 17.2 Å². The Balaban J connectivity index is 0.000000360. The Kier molecular flexibility index (Phi) is 12.0. The van der Waals surface area contributed by atoms with Gasteiger partial charge in [-0.05, 0) is 61.3 Å². The molecule has 5 rings (SSSR count). The second-order valence-electron chi connectivity index (χ2n) is 10.3. The number of H-pyrrole nitrogens is 1. The van der Waals surface area contributed by atoms with Gasteiger partial charge in [-0.15, -0.1) is 0 Å². The van der Waals surface area contributed by atoms with E-state index in [-0.39, 0.29) is 17.9 Å². The van der Waals surface area contributed by atoms with Crippen molar-refractivity contribution in [2.75, 3.05) is 39.2 Å². The molecule has 0 saturated carbocycles. The minimum atomic E-state index is -5.08. The Hall–Kier alpha value is -5.00. The van der Waals surface area contributed by atoms with E-state index in [2.05, 4.69) is 27.5 Å². The topological polar surface area (TPSA) is 163 Å². The van der Waals surface area contributed by atoms with Crippen LogP contribution in [0.15, 0.2) is 48.8 Å². The van der Waals surface area contributed by atoms with Gasteiger partial charge in [-0.3, -0.25) is 9.89 Å². The number of hydrogen-bond donors (Lipinski definition) is 4. The number of likely N-dealkylation sites (tertiary alicyclic amines) is 1. The molecule has 1 fully saturated rings. The fourth-order valence-corrected chi connectivity index (χ4v) is 4.38. The van der Waals surface area contributed by atoms with Crippen LogP contribution in [-0.2, 0) is 20.8 Å². The van der Waals surface area contributed by atoms with E-state index in [1.807, 2.05) is 42.6 Å². The van der Waals surface area contributed by atoms with Crippen molar-refractivity contribution >= 4 is 23.5 Å². The third-order valence-electron chi connectivity index (χ3n) is 6.74. The molecule has 2 atom stereocenters. The van der Waals surface area contributed by atoms with Gasteiger partial charge in [0.2, 0.25) is 5.91 Å². The number of carboxylic acids is 2. The van der Waals surface area contributed by atoms with Gasteiger partial charge >= 0.3 is 24.3 Å². The molecule has 2 aliphatic heterocycles. The van der Waals surface area contributed by atoms with Gasteiger partial charge in [0.1, 0.15) is 30.0 Å². The molecule has 3 aromatic rings. The molecule has 2 unspecified atom stereocenters. The number of aliphatic carboxylic acids is 2. The summed E-state index contributed by atoms with van der Waals surface area (Å²) in [6.45, 7) is 2.19. The third kappa shape index (κ3) is 10.8. The third-order valence-corrected chi connectivity index (χ3v) is 6.74. The molecule has 1 aromatic heterocycles. The van der Waals surface area contributed by atoms with Crippen LogP contribution >= 0.6 is 0 Å². The number of rotatable bonds is 6. The lowest BCUT2D eigenvalue weighted by Gasteiger charge is -2.25. The Bertz CT molecular complexity index is 1510. The Labute approximate surface area is 263 Å². The van der Waals surface area contributed by atoms with Crippen molar-refractivity contribution in [3.63, 3.8) is 0 Å². The zero-order chi connectivity index (χ0) is 34.9. The van der Waals surface area contributed by atoms with E-state index in [4.69, 9.17) is 34.0 Å². The molecule has 47 heavy (non-hydrogen) atoms. The number of fused-ring (bicyclic) bond motifs is 1. The van der Waals surface area contributed by atoms with Crippen LogP contribution in [0.1, 0.15) is 12.0 Å². The normalized spacial score (nSPS) is 17.4. The number of carbonyl (C=O) groups excluding carboxylic acids is 1. The first kappa shape index (κ1) is 36.5. The minimum absolute atomic E-state index is 0.0857. The number of carboxylic acid groups (broad SMARTS) is 2. The number of halogens is 6. The number of nitrogens with one attached hydrogen (secondary N) is 2. The van der Waals surface area contributed by atoms with Crippen molar-refractivity contribution in [2.24, 2.45) is 5.92 Å². The van der Waals surface area contributed by atoms with E-state index in [0.717, 1.165) is 47.7 Å². The summed E-state index contributed by atoms with van der Waals surface area (Å²) in [5.74, 6) is -3.68. The van der Waals surface area contributed by atoms with Gasteiger partial charge in [0, 0.05) is 24.8 Å². The maximum absolute atomic E-state index is 13.2. The van der Waals surface area contributed by atoms with E-state index in [0.29, 0.717) is 24.5 Å². The van der Waals surface area contributed by atoms with E-state index >= 15 is 0 Å². The van der Waals surface area contributed by atoms with Crippen molar-refractivity contribution < 1.29 is 65.1 Å². The molecule has 256 valence electrons. The van der Waals surface area contributed by atoms with Gasteiger partial charge in [-0.1, -0.05) is 6.07 Å². The lowest BCUT2D eigenvalue weighted by Crippen LogP contribution is -2.33. The fourth-order valence-electron chi connectivity index (χ4n) is 4.38. The van der Waals surface area contributed by atoms with Gasteiger partial charge in [-0.25, -0.2) is 9.59 Å². The summed E-state index contributed by atoms with van der Waals surface area (Å²) < 4.78 is 81.0. The summed E-state index contributed by atoms with van der Waals surface area (Å²) in [6, 6.07) is 11.5. The lowest BCUT2D eigenvalue weighted by molar-refractivity contribution is -0.193. The molecule has 12 nitrogen and oxygen atoms in total. The first-order valence-corrected chi connectivity index (χ1v) is 13.7. The summed E-state index contributed by atoms with van der Waals surface area (Å²) in [7, 11) is 3.72. The number of benzene rings is 2. The molecule has 1 amide bonds. The number of likely N-dealkylation sites (N-methyl/N-ethyl adjacent to an activating group) is 1. The highest BCUT2D eigenvalue weighted by Gasteiger charge is 2.39. The maximum atomic E-state index is 13.2. The number of anilines is 1. The van der Waals surface area contributed by atoms with Crippen LogP contribution < -0.4 is 19.5 Å². The first-order valence-electron chi connectivity index (χ1n) is 13.7. The number of nitrogens with zero attached hydrogens (tertiary/aromatic N) is 2. The van der Waals surface area contributed by atoms with Crippen molar-refractivity contribution in [1.82, 2.24) is 15.1 Å². The predicted molar refractivity (Wildman–Crippen MR) is 152 cm³/mol. The van der Waals surface area contributed by atoms with Crippen LogP contribution in [0.25, 0.3) is 11.1 Å². The number of amides is 1. The highest BCUT2D eigenvalue weighted by atomic mass is 19.4. The summed E-state index contributed by atoms with van der Waals surface area (Å²) in [5, 5.41) is 24.2. The average molecular weight is 677 g/mol. The number of hydrogen-bond acceptors (Lipinski definition) is 8. The summed E-state index contributed by atoms with van der Waals surface area (Å²) in [5.41, 5.74) is 3.58. The van der Waals surface area contributed by atoms with Crippen molar-refractivity contribution in [1.29, 1.82) is 0 Å². The second kappa shape index (κ2) is 15.5. The number of aromatic nitrogens is 2. The smallest absolute Gasteiger partial charge is 0.490 e. The molecule has 1 saturated heterocycles. The molecule has 0 radical (unpaired) electrons. The quantitative estimate of drug-likeness (QED) is 0.271. The molecule has 2 aromatic carbocycles. The fraction of sp³-hybridized carbons (Fsp3) is 0.379. The Morgan fingerprint density at radius 1 is 1.02 bits per heavy atom. The Morgan fingerprint density at radius 3 is 2.21 bits per heavy atom. The van der Waals surface area contributed by atoms with E-state index in [1.54, 1.807) is 13.3 Å². The van der Waals surface area contributed by atoms with Crippen molar-refractivity contribution in [3.05, 3.63) is 54.4 Å². The Morgan fingerprint density at radius 2 is 1.68 bits per heavy atom. The predicted octanol–water partition coefficient (Wildman–Crippen LogP) is 4.62. The largest absolute Gasteiger partial charge is 0.497 e. The van der Waals surface area contributed by atoms with Gasteiger partial charge < -0.3 is 34.6 Å². The number of alkyl halides is 6. The zero-order valence-corrected chi connectivity index (χ0v) is 24.8. The molecule has 3 heterocycles. The van der Waals surface area contributed by atoms with E-state index < -0.39 is 24.3 Å². The van der Waals surface area contributed by atoms with Gasteiger partial charge in [-0.2, -0.15) is 31.4 Å². The van der Waals surface area contributed by atoms with Crippen LogP contribution in [-0.4, -0.2) is 95.5 Å². The van der Waals surface area contributed by atoms with Gasteiger partial charge in [0.25, 0.3) is 0 Å². The van der Waals surface area contributed by atoms with E-state index in [9.17, 15) is 31.1 Å². The molecule has 18 heteroatoms. The lowest BCUT2D eigenvalue weighted by atomic mass is 9.95. The monoisotopic (exact) mass is 676 g/mol. The molecular weight excluding hydrogens is 646 g/mol. The summed E-state index contributed by atoms with van der Waals surface area (Å²) in [4.78, 5) is 33.2. The second-order valence-corrected chi connectivity index (χ2v) is 10.3. The number of ether oxygens (including phenoxy) is 3. The summed E-state index contributed by atoms with van der Waals surface area (Å²) in [6.07, 6.45) is -4.93. The molecular formula is C29H30F6N4O8. The van der Waals surface area contributed by atoms with Gasteiger partial charge in [0.05, 0.1) is 24.9 Å².